The molecule has 1 aliphatic carbocycles. The van der Waals surface area contributed by atoms with Crippen LogP contribution >= 0.6 is 0 Å². The number of hydrogen-bond donors (Lipinski definition) is 3. The van der Waals surface area contributed by atoms with Crippen LogP contribution in [0.2, 0.25) is 0 Å². The summed E-state index contributed by atoms with van der Waals surface area (Å²) >= 11 is 0. The van der Waals surface area contributed by atoms with Crippen molar-refractivity contribution in [3.8, 4) is 0 Å². The average Bonchev–Trinajstić information content (AvgIpc) is 3.29. The Bertz CT molecular complexity index is 589. The van der Waals surface area contributed by atoms with Crippen LogP contribution in [0.1, 0.15) is 44.3 Å². The number of rotatable bonds is 7. The largest absolute Gasteiger partial charge is 0.481 e. The van der Waals surface area contributed by atoms with Crippen LogP contribution in [-0.4, -0.2) is 41.7 Å². The van der Waals surface area contributed by atoms with E-state index in [0.29, 0.717) is 0 Å². The van der Waals surface area contributed by atoms with Gasteiger partial charge in [0, 0.05) is 37.8 Å². The minimum Gasteiger partial charge on any atom is -0.481 e. The fourth-order valence-corrected chi connectivity index (χ4v) is 3.21. The normalized spacial score (nSPS) is 19.4. The van der Waals surface area contributed by atoms with Crippen LogP contribution < -0.4 is 0 Å². The summed E-state index contributed by atoms with van der Waals surface area (Å²) in [5, 5.41) is 15.8. The molecule has 3 N–H and O–H groups in total. The Morgan fingerprint density at radius 2 is 1.73 bits per heavy atom. The minimum atomic E-state index is -1.08. The molecule has 0 aromatic carbocycles. The van der Waals surface area contributed by atoms with Gasteiger partial charge in [0.15, 0.2) is 0 Å². The molecular formula is C18H26N4O4. The van der Waals surface area contributed by atoms with Crippen molar-refractivity contribution < 1.29 is 19.8 Å². The van der Waals surface area contributed by atoms with Gasteiger partial charge < -0.3 is 19.8 Å². The molecule has 1 saturated carbocycles. The van der Waals surface area contributed by atoms with E-state index in [0.717, 1.165) is 30.6 Å². The maximum Gasteiger partial charge on any atom is 0.303 e. The van der Waals surface area contributed by atoms with Crippen LogP contribution in [-0.2, 0) is 22.6 Å². The molecule has 0 amide bonds. The molecule has 0 atom stereocenters. The summed E-state index contributed by atoms with van der Waals surface area (Å²) in [7, 11) is 0. The molecule has 2 heterocycles. The lowest BCUT2D eigenvalue weighted by Gasteiger charge is -2.28. The number of nitrogens with one attached hydrogen (secondary N) is 1. The maximum atomic E-state index is 9.64. The summed E-state index contributed by atoms with van der Waals surface area (Å²) in [5.41, 5.74) is 0. The quantitative estimate of drug-likeness (QED) is 0.696. The Morgan fingerprint density at radius 1 is 1.08 bits per heavy atom. The van der Waals surface area contributed by atoms with Gasteiger partial charge in [-0.1, -0.05) is 0 Å². The third-order valence-electron chi connectivity index (χ3n) is 4.58. The van der Waals surface area contributed by atoms with E-state index >= 15 is 0 Å². The Hall–Kier alpha value is -2.64. The molecule has 1 aliphatic rings. The highest BCUT2D eigenvalue weighted by atomic mass is 16.4. The van der Waals surface area contributed by atoms with E-state index in [9.17, 15) is 9.59 Å². The number of hydrogen-bond acceptors (Lipinski definition) is 4. The average molecular weight is 362 g/mol. The van der Waals surface area contributed by atoms with Crippen LogP contribution in [0.25, 0.3) is 0 Å². The molecule has 0 aliphatic heterocycles. The van der Waals surface area contributed by atoms with Crippen molar-refractivity contribution >= 4 is 11.9 Å². The van der Waals surface area contributed by atoms with Crippen molar-refractivity contribution in [3.05, 3.63) is 36.9 Å². The van der Waals surface area contributed by atoms with Crippen LogP contribution in [0, 0.1) is 11.8 Å². The lowest BCUT2D eigenvalue weighted by Crippen LogP contribution is -2.20. The number of carbonyl (C=O) groups is 2. The van der Waals surface area contributed by atoms with Gasteiger partial charge in [-0.2, -0.15) is 0 Å². The van der Waals surface area contributed by atoms with Gasteiger partial charge in [0.05, 0.1) is 19.2 Å². The Labute approximate surface area is 152 Å². The number of carboxylic acids is 2. The Balaban J connectivity index is 0.000000260. The highest BCUT2D eigenvalue weighted by molar-refractivity contribution is 5.75. The summed E-state index contributed by atoms with van der Waals surface area (Å²) in [5.74, 6) is 0.634. The summed E-state index contributed by atoms with van der Waals surface area (Å²) in [6.45, 7) is 1.13. The fraction of sp³-hybridized carbons (Fsp3) is 0.556. The third-order valence-corrected chi connectivity index (χ3v) is 4.58. The smallest absolute Gasteiger partial charge is 0.303 e. The summed E-state index contributed by atoms with van der Waals surface area (Å²) < 4.78 is 2.21. The van der Waals surface area contributed by atoms with E-state index in [1.54, 1.807) is 0 Å². The van der Waals surface area contributed by atoms with Gasteiger partial charge in [0.25, 0.3) is 0 Å². The van der Waals surface area contributed by atoms with E-state index in [4.69, 9.17) is 10.2 Å². The molecule has 2 aromatic rings. The molecule has 0 unspecified atom stereocenters. The molecule has 0 radical (unpaired) electrons. The molecule has 0 saturated heterocycles. The van der Waals surface area contributed by atoms with Gasteiger partial charge in [-0.15, -0.1) is 0 Å². The van der Waals surface area contributed by atoms with Gasteiger partial charge in [0.2, 0.25) is 0 Å². The lowest BCUT2D eigenvalue weighted by atomic mass is 9.80. The number of nitrogens with zero attached hydrogens (tertiary/aromatic N) is 3. The van der Waals surface area contributed by atoms with Crippen LogP contribution in [0.5, 0.6) is 0 Å². The number of H-pyrrole nitrogens is 1. The van der Waals surface area contributed by atoms with Crippen molar-refractivity contribution in [2.45, 2.75) is 51.5 Å². The molecule has 2 aromatic heterocycles. The number of carboxylic acid groups (broad SMARTS) is 2. The zero-order valence-corrected chi connectivity index (χ0v) is 14.8. The Kier molecular flexibility index (Phi) is 7.85. The zero-order valence-electron chi connectivity index (χ0n) is 14.8. The number of aromatic amines is 1. The summed E-state index contributed by atoms with van der Waals surface area (Å²) in [6, 6.07) is 0. The minimum absolute atomic E-state index is 0.296. The van der Waals surface area contributed by atoms with E-state index in [2.05, 4.69) is 25.7 Å². The molecule has 0 spiro atoms. The van der Waals surface area contributed by atoms with Crippen LogP contribution in [0.3, 0.4) is 0 Å². The first-order chi connectivity index (χ1) is 12.5. The highest BCUT2D eigenvalue weighted by Gasteiger charge is 2.22. The standard InChI is InChI=1S/C14H20N4.C4H6O4/c1-3-13(10-18-8-7-15-11-18)4-2-12(1)9-14-16-5-6-17-14;5-3(6)1-2-4(7)8/h5-8,11-13H,1-4,9-10H2,(H,16,17);1-2H2,(H,5,6)(H,7,8). The maximum absolute atomic E-state index is 9.64. The Morgan fingerprint density at radius 3 is 2.23 bits per heavy atom. The predicted octanol–water partition coefficient (Wildman–Crippen LogP) is 2.59. The first-order valence-corrected chi connectivity index (χ1v) is 8.90. The first kappa shape index (κ1) is 19.7. The van der Waals surface area contributed by atoms with E-state index in [1.165, 1.54) is 25.7 Å². The number of aromatic nitrogens is 4. The second-order valence-corrected chi connectivity index (χ2v) is 6.67. The monoisotopic (exact) mass is 362 g/mol. The summed E-state index contributed by atoms with van der Waals surface area (Å²) in [4.78, 5) is 30.9. The molecule has 3 rings (SSSR count). The number of imidazole rings is 2. The van der Waals surface area contributed by atoms with Gasteiger partial charge in [0.1, 0.15) is 5.82 Å². The molecule has 142 valence electrons. The van der Waals surface area contributed by atoms with E-state index in [1.807, 2.05) is 24.9 Å². The van der Waals surface area contributed by atoms with E-state index in [-0.39, 0.29) is 12.8 Å². The molecule has 0 bridgehead atoms. The van der Waals surface area contributed by atoms with Crippen molar-refractivity contribution in [1.82, 2.24) is 19.5 Å². The molecule has 26 heavy (non-hydrogen) atoms. The predicted molar refractivity (Wildman–Crippen MR) is 94.5 cm³/mol. The van der Waals surface area contributed by atoms with Crippen LogP contribution in [0.4, 0.5) is 0 Å². The second kappa shape index (κ2) is 10.4. The number of aliphatic carboxylic acids is 2. The molecule has 8 nitrogen and oxygen atoms in total. The second-order valence-electron chi connectivity index (χ2n) is 6.67. The van der Waals surface area contributed by atoms with Gasteiger partial charge in [-0.05, 0) is 37.5 Å². The fourth-order valence-electron chi connectivity index (χ4n) is 3.21. The van der Waals surface area contributed by atoms with Gasteiger partial charge in [-0.3, -0.25) is 9.59 Å². The third kappa shape index (κ3) is 7.50. The topological polar surface area (TPSA) is 121 Å². The van der Waals surface area contributed by atoms with Crippen LogP contribution in [0.15, 0.2) is 31.1 Å². The van der Waals surface area contributed by atoms with Gasteiger partial charge >= 0.3 is 11.9 Å². The van der Waals surface area contributed by atoms with Crippen molar-refractivity contribution in [3.63, 3.8) is 0 Å². The van der Waals surface area contributed by atoms with Crippen molar-refractivity contribution in [2.24, 2.45) is 11.8 Å². The first-order valence-electron chi connectivity index (χ1n) is 8.90. The van der Waals surface area contributed by atoms with Gasteiger partial charge in [-0.25, -0.2) is 9.97 Å². The highest BCUT2D eigenvalue weighted by Crippen LogP contribution is 2.31. The van der Waals surface area contributed by atoms with Crippen molar-refractivity contribution in [2.75, 3.05) is 0 Å². The zero-order chi connectivity index (χ0) is 18.8. The van der Waals surface area contributed by atoms with E-state index < -0.39 is 11.9 Å². The molecule has 1 fully saturated rings. The lowest BCUT2D eigenvalue weighted by molar-refractivity contribution is -0.143. The molecular weight excluding hydrogens is 336 g/mol. The summed E-state index contributed by atoms with van der Waals surface area (Å²) in [6.07, 6.45) is 15.5. The molecule has 8 heteroatoms. The SMILES string of the molecule is O=C(O)CCC(=O)O.c1cn(CC2CCC(Cc3ncc[nH]3)CC2)cn1. The van der Waals surface area contributed by atoms with Crippen molar-refractivity contribution in [1.29, 1.82) is 0 Å².